The van der Waals surface area contributed by atoms with Crippen LogP contribution >= 0.6 is 11.6 Å². The molecule has 1 aromatic carbocycles. The average molecular weight is 273 g/mol. The molecule has 0 aliphatic carbocycles. The molecule has 2 aromatic rings. The molecule has 2 rings (SSSR count). The van der Waals surface area contributed by atoms with Crippen LogP contribution < -0.4 is 15.2 Å². The van der Waals surface area contributed by atoms with Crippen molar-refractivity contribution in [2.45, 2.75) is 0 Å². The molecule has 1 heterocycles. The lowest BCUT2D eigenvalue weighted by atomic mass is 10.1. The van der Waals surface area contributed by atoms with Crippen LogP contribution in [0.3, 0.4) is 0 Å². The summed E-state index contributed by atoms with van der Waals surface area (Å²) in [4.78, 5) is 0. The molecule has 7 heteroatoms. The van der Waals surface area contributed by atoms with Gasteiger partial charge in [-0.2, -0.15) is 0 Å². The van der Waals surface area contributed by atoms with Crippen molar-refractivity contribution >= 4 is 17.5 Å². The fraction of sp³-hybridized carbons (Fsp3) is 0.182. The van der Waals surface area contributed by atoms with Crippen LogP contribution in [-0.2, 0) is 0 Å². The number of nitrogens with zero attached hydrogens (tertiary/aromatic N) is 1. The quantitative estimate of drug-likeness (QED) is 0.930. The van der Waals surface area contributed by atoms with E-state index in [1.807, 2.05) is 0 Å². The van der Waals surface area contributed by atoms with Crippen molar-refractivity contribution in [3.63, 3.8) is 0 Å². The minimum Gasteiger partial charge on any atom is -0.493 e. The van der Waals surface area contributed by atoms with E-state index in [4.69, 9.17) is 31.3 Å². The normalized spacial score (nSPS) is 10.4. The number of nitrogen functional groups attached to an aromatic ring is 1. The molecule has 96 valence electrons. The van der Waals surface area contributed by atoms with Gasteiger partial charge in [0.05, 0.1) is 24.8 Å². The summed E-state index contributed by atoms with van der Waals surface area (Å²) >= 11 is 5.92. The maximum Gasteiger partial charge on any atom is 0.222 e. The van der Waals surface area contributed by atoms with E-state index in [0.717, 1.165) is 6.07 Å². The molecular weight excluding hydrogens is 263 g/mol. The van der Waals surface area contributed by atoms with E-state index in [0.29, 0.717) is 0 Å². The molecule has 0 radical (unpaired) electrons. The number of nitrogens with two attached hydrogens (primary N) is 1. The summed E-state index contributed by atoms with van der Waals surface area (Å²) in [5.74, 6) is -0.0922. The average Bonchev–Trinajstić information content (AvgIpc) is 2.78. The Hall–Kier alpha value is -1.95. The summed E-state index contributed by atoms with van der Waals surface area (Å²) < 4.78 is 28.6. The van der Waals surface area contributed by atoms with Gasteiger partial charge in [0.25, 0.3) is 0 Å². The zero-order chi connectivity index (χ0) is 13.3. The first-order valence-electron chi connectivity index (χ1n) is 4.91. The van der Waals surface area contributed by atoms with Crippen LogP contribution in [0, 0.1) is 5.82 Å². The highest BCUT2D eigenvalue weighted by atomic mass is 35.5. The third-order valence-corrected chi connectivity index (χ3v) is 2.72. The lowest BCUT2D eigenvalue weighted by Crippen LogP contribution is -1.96. The third-order valence-electron chi connectivity index (χ3n) is 2.35. The number of ether oxygens (including phenoxy) is 2. The van der Waals surface area contributed by atoms with Gasteiger partial charge in [-0.15, -0.1) is 0 Å². The van der Waals surface area contributed by atoms with Crippen LogP contribution in [0.2, 0.25) is 5.02 Å². The molecule has 0 fully saturated rings. The number of rotatable bonds is 3. The Bertz CT molecular complexity index is 586. The first kappa shape index (κ1) is 12.5. The van der Waals surface area contributed by atoms with Crippen molar-refractivity contribution in [1.29, 1.82) is 0 Å². The number of benzene rings is 1. The summed E-state index contributed by atoms with van der Waals surface area (Å²) in [7, 11) is 2.81. The van der Waals surface area contributed by atoms with Crippen LogP contribution in [0.25, 0.3) is 11.3 Å². The number of methoxy groups -OCH3 is 2. The van der Waals surface area contributed by atoms with Crippen LogP contribution in [0.5, 0.6) is 11.5 Å². The fourth-order valence-corrected chi connectivity index (χ4v) is 1.81. The molecule has 5 nitrogen and oxygen atoms in total. The van der Waals surface area contributed by atoms with Crippen LogP contribution in [0.15, 0.2) is 16.7 Å². The van der Waals surface area contributed by atoms with Crippen molar-refractivity contribution in [3.05, 3.63) is 23.0 Å². The van der Waals surface area contributed by atoms with Crippen molar-refractivity contribution < 1.29 is 18.4 Å². The van der Waals surface area contributed by atoms with Gasteiger partial charge in [0.15, 0.2) is 11.5 Å². The van der Waals surface area contributed by atoms with Crippen molar-refractivity contribution in [2.24, 2.45) is 0 Å². The molecule has 0 amide bonds. The SMILES string of the molecule is COc1cc(F)c(Cl)c(-c2cc(N)on2)c1OC. The number of anilines is 1. The molecule has 1 aromatic heterocycles. The predicted molar refractivity (Wildman–Crippen MR) is 64.4 cm³/mol. The summed E-state index contributed by atoms with van der Waals surface area (Å²) in [6, 6.07) is 2.55. The highest BCUT2D eigenvalue weighted by molar-refractivity contribution is 6.34. The molecule has 0 bridgehead atoms. The Morgan fingerprint density at radius 1 is 1.33 bits per heavy atom. The molecular formula is C11H10ClFN2O3. The Morgan fingerprint density at radius 3 is 2.56 bits per heavy atom. The molecule has 2 N–H and O–H groups in total. The molecule has 0 aliphatic heterocycles. The van der Waals surface area contributed by atoms with E-state index in [2.05, 4.69) is 5.16 Å². The van der Waals surface area contributed by atoms with Crippen LogP contribution in [0.4, 0.5) is 10.3 Å². The second-order valence-electron chi connectivity index (χ2n) is 3.40. The van der Waals surface area contributed by atoms with Gasteiger partial charge in [-0.3, -0.25) is 0 Å². The minimum atomic E-state index is -0.647. The Kier molecular flexibility index (Phi) is 3.29. The van der Waals surface area contributed by atoms with Crippen molar-refractivity contribution in [2.75, 3.05) is 20.0 Å². The number of aromatic nitrogens is 1. The number of halogens is 2. The van der Waals surface area contributed by atoms with Gasteiger partial charge in [0, 0.05) is 12.1 Å². The van der Waals surface area contributed by atoms with Gasteiger partial charge in [-0.25, -0.2) is 4.39 Å². The van der Waals surface area contributed by atoms with Crippen LogP contribution in [0.1, 0.15) is 0 Å². The van der Waals surface area contributed by atoms with E-state index in [1.165, 1.54) is 20.3 Å². The van der Waals surface area contributed by atoms with Gasteiger partial charge in [-0.05, 0) is 0 Å². The summed E-state index contributed by atoms with van der Waals surface area (Å²) in [6.45, 7) is 0. The Balaban J connectivity index is 2.74. The minimum absolute atomic E-state index is 0.0892. The topological polar surface area (TPSA) is 70.5 Å². The van der Waals surface area contributed by atoms with E-state index in [-0.39, 0.29) is 33.7 Å². The number of hydrogen-bond donors (Lipinski definition) is 1. The van der Waals surface area contributed by atoms with E-state index in [1.54, 1.807) is 0 Å². The summed E-state index contributed by atoms with van der Waals surface area (Å²) in [5, 5.41) is 3.55. The Labute approximate surface area is 107 Å². The Morgan fingerprint density at radius 2 is 2.06 bits per heavy atom. The maximum absolute atomic E-state index is 13.7. The standard InChI is InChI=1S/C11H10ClFN2O3/c1-16-7-3-5(13)10(12)9(11(7)17-2)6-4-8(14)18-15-6/h3-4H,14H2,1-2H3. The monoisotopic (exact) mass is 272 g/mol. The molecule has 0 saturated heterocycles. The van der Waals surface area contributed by atoms with E-state index >= 15 is 0 Å². The van der Waals surface area contributed by atoms with Crippen molar-refractivity contribution in [3.8, 4) is 22.8 Å². The zero-order valence-corrected chi connectivity index (χ0v) is 10.4. The molecule has 0 atom stereocenters. The molecule has 0 spiro atoms. The molecule has 0 aliphatic rings. The lowest BCUT2D eigenvalue weighted by molar-refractivity contribution is 0.353. The smallest absolute Gasteiger partial charge is 0.222 e. The third kappa shape index (κ3) is 1.95. The first-order valence-corrected chi connectivity index (χ1v) is 5.28. The predicted octanol–water partition coefficient (Wildman–Crippen LogP) is 2.73. The highest BCUT2D eigenvalue weighted by Gasteiger charge is 2.22. The highest BCUT2D eigenvalue weighted by Crippen LogP contribution is 2.44. The van der Waals surface area contributed by atoms with Gasteiger partial charge in [0.2, 0.25) is 5.88 Å². The van der Waals surface area contributed by atoms with Gasteiger partial charge >= 0.3 is 0 Å². The van der Waals surface area contributed by atoms with Crippen LogP contribution in [-0.4, -0.2) is 19.4 Å². The second-order valence-corrected chi connectivity index (χ2v) is 3.78. The zero-order valence-electron chi connectivity index (χ0n) is 9.66. The van der Waals surface area contributed by atoms with E-state index < -0.39 is 5.82 Å². The fourth-order valence-electron chi connectivity index (χ4n) is 1.58. The molecule has 18 heavy (non-hydrogen) atoms. The number of hydrogen-bond acceptors (Lipinski definition) is 5. The largest absolute Gasteiger partial charge is 0.493 e. The van der Waals surface area contributed by atoms with Crippen molar-refractivity contribution in [1.82, 2.24) is 5.16 Å². The van der Waals surface area contributed by atoms with Gasteiger partial charge < -0.3 is 19.7 Å². The summed E-state index contributed by atoms with van der Waals surface area (Å²) in [5.41, 5.74) is 5.93. The maximum atomic E-state index is 13.7. The summed E-state index contributed by atoms with van der Waals surface area (Å²) in [6.07, 6.45) is 0. The molecule has 0 saturated carbocycles. The molecule has 0 unspecified atom stereocenters. The second kappa shape index (κ2) is 4.73. The van der Waals surface area contributed by atoms with Gasteiger partial charge in [-0.1, -0.05) is 16.8 Å². The van der Waals surface area contributed by atoms with E-state index in [9.17, 15) is 4.39 Å². The first-order chi connectivity index (χ1) is 8.58. The lowest BCUT2D eigenvalue weighted by Gasteiger charge is -2.13. The van der Waals surface area contributed by atoms with Gasteiger partial charge in [0.1, 0.15) is 11.5 Å².